The largest absolute Gasteiger partial charge is 0.342 e. The van der Waals surface area contributed by atoms with Gasteiger partial charge >= 0.3 is 0 Å². The molecule has 0 aliphatic rings. The smallest absolute Gasteiger partial charge is 0.278 e. The number of amides is 2. The molecule has 0 fully saturated rings. The third kappa shape index (κ3) is 5.96. The highest BCUT2D eigenvalue weighted by atomic mass is 35.5. The Morgan fingerprint density at radius 3 is 2.32 bits per heavy atom. The van der Waals surface area contributed by atoms with Gasteiger partial charge in [0.1, 0.15) is 6.54 Å². The molecular weight excluding hydrogens is 397 g/mol. The van der Waals surface area contributed by atoms with Crippen LogP contribution in [0, 0.1) is 13.8 Å². The Kier molecular flexibility index (Phi) is 7.87. The molecule has 2 rings (SSSR count). The Hall–Kier alpha value is -2.08. The summed E-state index contributed by atoms with van der Waals surface area (Å²) in [5, 5.41) is 6.57. The number of likely N-dealkylation sites (N-methyl/N-ethyl adjacent to an activating group) is 1. The fourth-order valence-corrected chi connectivity index (χ4v) is 3.18. The summed E-state index contributed by atoms with van der Waals surface area (Å²) in [7, 11) is 1.92. The van der Waals surface area contributed by atoms with Crippen LogP contribution in [0.2, 0.25) is 10.0 Å². The topological polar surface area (TPSA) is 62.6 Å². The molecule has 0 aromatic heterocycles. The van der Waals surface area contributed by atoms with E-state index >= 15 is 0 Å². The van der Waals surface area contributed by atoms with Crippen molar-refractivity contribution < 1.29 is 14.5 Å². The van der Waals surface area contributed by atoms with Gasteiger partial charge in [0.15, 0.2) is 6.04 Å². The van der Waals surface area contributed by atoms with Crippen LogP contribution in [-0.2, 0) is 16.1 Å². The summed E-state index contributed by atoms with van der Waals surface area (Å²) in [6.07, 6.45) is 0. The molecule has 150 valence electrons. The van der Waals surface area contributed by atoms with Gasteiger partial charge in [-0.05, 0) is 44.0 Å². The van der Waals surface area contributed by atoms with Gasteiger partial charge in [0, 0.05) is 11.3 Å². The third-order valence-corrected chi connectivity index (χ3v) is 5.51. The van der Waals surface area contributed by atoms with Gasteiger partial charge in [0.25, 0.3) is 5.91 Å². The first-order valence-electron chi connectivity index (χ1n) is 9.09. The first kappa shape index (κ1) is 22.2. The van der Waals surface area contributed by atoms with Crippen molar-refractivity contribution in [3.05, 3.63) is 63.1 Å². The first-order chi connectivity index (χ1) is 13.2. The monoisotopic (exact) mass is 422 g/mol. The molecule has 0 saturated carbocycles. The van der Waals surface area contributed by atoms with E-state index < -0.39 is 0 Å². The van der Waals surface area contributed by atoms with Crippen LogP contribution < -0.4 is 15.5 Å². The lowest BCUT2D eigenvalue weighted by Gasteiger charge is -2.21. The molecule has 0 aliphatic carbocycles. The van der Waals surface area contributed by atoms with Crippen molar-refractivity contribution in [2.24, 2.45) is 0 Å². The zero-order valence-electron chi connectivity index (χ0n) is 16.5. The highest BCUT2D eigenvalue weighted by molar-refractivity contribution is 6.42. The minimum Gasteiger partial charge on any atom is -0.342 e. The number of hydrogen-bond donors (Lipinski definition) is 3. The standard InChI is InChI=1S/C21H25Cl2N3O2/c1-13-6-5-7-14(2)20(13)25-19(27)11-24-21(28)15(3)26(4)12-16-8-9-17(22)18(23)10-16/h5-10,15H,11-12H2,1-4H3,(H,24,28)(H,25,27)/p+1/t15-/m0/s1. The van der Waals surface area contributed by atoms with Crippen molar-refractivity contribution >= 4 is 40.7 Å². The maximum Gasteiger partial charge on any atom is 0.278 e. The summed E-state index contributed by atoms with van der Waals surface area (Å²) in [6, 6.07) is 10.9. The number of aryl methyl sites for hydroxylation is 2. The highest BCUT2D eigenvalue weighted by Crippen LogP contribution is 2.22. The van der Waals surface area contributed by atoms with Gasteiger partial charge < -0.3 is 15.5 Å². The first-order valence-corrected chi connectivity index (χ1v) is 9.84. The van der Waals surface area contributed by atoms with Gasteiger partial charge in [0.2, 0.25) is 5.91 Å². The van der Waals surface area contributed by atoms with Crippen LogP contribution in [0.5, 0.6) is 0 Å². The number of hydrogen-bond acceptors (Lipinski definition) is 2. The summed E-state index contributed by atoms with van der Waals surface area (Å²) >= 11 is 12.0. The molecule has 0 saturated heterocycles. The fraction of sp³-hybridized carbons (Fsp3) is 0.333. The third-order valence-electron chi connectivity index (χ3n) is 4.77. The van der Waals surface area contributed by atoms with Gasteiger partial charge in [-0.3, -0.25) is 9.59 Å². The zero-order valence-corrected chi connectivity index (χ0v) is 18.0. The molecule has 7 heteroatoms. The van der Waals surface area contributed by atoms with Gasteiger partial charge in [-0.15, -0.1) is 0 Å². The van der Waals surface area contributed by atoms with Gasteiger partial charge in [-0.1, -0.05) is 47.5 Å². The Morgan fingerprint density at radius 2 is 1.71 bits per heavy atom. The average Bonchev–Trinajstić information content (AvgIpc) is 2.65. The van der Waals surface area contributed by atoms with Crippen molar-refractivity contribution in [1.29, 1.82) is 0 Å². The van der Waals surface area contributed by atoms with Gasteiger partial charge in [-0.25, -0.2) is 0 Å². The van der Waals surface area contributed by atoms with Crippen molar-refractivity contribution in [3.8, 4) is 0 Å². The number of para-hydroxylation sites is 1. The molecule has 2 aromatic carbocycles. The molecule has 2 atom stereocenters. The summed E-state index contributed by atoms with van der Waals surface area (Å²) in [6.45, 7) is 6.23. The minimum atomic E-state index is -0.331. The molecule has 0 radical (unpaired) electrons. The maximum atomic E-state index is 12.4. The van der Waals surface area contributed by atoms with Crippen LogP contribution in [0.1, 0.15) is 23.6 Å². The van der Waals surface area contributed by atoms with Crippen LogP contribution in [0.25, 0.3) is 0 Å². The van der Waals surface area contributed by atoms with Crippen molar-refractivity contribution in [2.75, 3.05) is 18.9 Å². The summed E-state index contributed by atoms with van der Waals surface area (Å²) in [5.74, 6) is -0.436. The molecule has 5 nitrogen and oxygen atoms in total. The van der Waals surface area contributed by atoms with Gasteiger partial charge in [-0.2, -0.15) is 0 Å². The van der Waals surface area contributed by atoms with Gasteiger partial charge in [0.05, 0.1) is 23.6 Å². The number of quaternary nitrogens is 1. The summed E-state index contributed by atoms with van der Waals surface area (Å²) < 4.78 is 0. The van der Waals surface area contributed by atoms with E-state index in [1.807, 2.05) is 52.1 Å². The number of benzene rings is 2. The van der Waals surface area contributed by atoms with Crippen LogP contribution in [0.15, 0.2) is 36.4 Å². The van der Waals surface area contributed by atoms with Crippen LogP contribution >= 0.6 is 23.2 Å². The SMILES string of the molecule is Cc1cccc(C)c1NC(=O)CNC(=O)[C@H](C)[NH+](C)Cc1ccc(Cl)c(Cl)c1. The maximum absolute atomic E-state index is 12.4. The van der Waals surface area contributed by atoms with Crippen molar-refractivity contribution in [2.45, 2.75) is 33.4 Å². The predicted molar refractivity (Wildman–Crippen MR) is 114 cm³/mol. The fourth-order valence-electron chi connectivity index (χ4n) is 2.86. The molecular formula is C21H26Cl2N3O2+. The summed E-state index contributed by atoms with van der Waals surface area (Å²) in [4.78, 5) is 25.6. The minimum absolute atomic E-state index is 0.0724. The molecule has 0 heterocycles. The van der Waals surface area contributed by atoms with Crippen LogP contribution in [0.4, 0.5) is 5.69 Å². The molecule has 2 amide bonds. The van der Waals surface area contributed by atoms with E-state index in [0.29, 0.717) is 16.6 Å². The van der Waals surface area contributed by atoms with Crippen molar-refractivity contribution in [1.82, 2.24) is 5.32 Å². The van der Waals surface area contributed by atoms with E-state index in [4.69, 9.17) is 23.2 Å². The quantitative estimate of drug-likeness (QED) is 0.642. The van der Waals surface area contributed by atoms with Crippen LogP contribution in [0.3, 0.4) is 0 Å². The lowest BCUT2D eigenvalue weighted by Crippen LogP contribution is -3.12. The van der Waals surface area contributed by atoms with Crippen molar-refractivity contribution in [3.63, 3.8) is 0 Å². The Balaban J connectivity index is 1.87. The van der Waals surface area contributed by atoms with E-state index in [1.54, 1.807) is 12.1 Å². The van der Waals surface area contributed by atoms with E-state index in [1.165, 1.54) is 0 Å². The lowest BCUT2D eigenvalue weighted by atomic mass is 10.1. The molecule has 1 unspecified atom stereocenters. The highest BCUT2D eigenvalue weighted by Gasteiger charge is 2.22. The molecule has 0 spiro atoms. The zero-order chi connectivity index (χ0) is 20.8. The molecule has 3 N–H and O–H groups in total. The Labute approximate surface area is 176 Å². The number of carbonyl (C=O) groups excluding carboxylic acids is 2. The van der Waals surface area contributed by atoms with E-state index in [-0.39, 0.29) is 24.4 Å². The molecule has 2 aromatic rings. The number of carbonyl (C=O) groups is 2. The second-order valence-electron chi connectivity index (χ2n) is 7.03. The lowest BCUT2D eigenvalue weighted by molar-refractivity contribution is -0.908. The second-order valence-corrected chi connectivity index (χ2v) is 7.84. The van der Waals surface area contributed by atoms with E-state index in [2.05, 4.69) is 10.6 Å². The molecule has 0 aliphatic heterocycles. The summed E-state index contributed by atoms with van der Waals surface area (Å²) in [5.41, 5.74) is 3.74. The Bertz CT molecular complexity index is 850. The number of halogens is 2. The number of nitrogens with one attached hydrogen (secondary N) is 3. The normalized spacial score (nSPS) is 12.9. The average molecular weight is 423 g/mol. The van der Waals surface area contributed by atoms with E-state index in [9.17, 15) is 9.59 Å². The predicted octanol–water partition coefficient (Wildman–Crippen LogP) is 2.77. The second kappa shape index (κ2) is 9.92. The van der Waals surface area contributed by atoms with Crippen LogP contribution in [-0.4, -0.2) is 31.4 Å². The Morgan fingerprint density at radius 1 is 1.07 bits per heavy atom. The molecule has 28 heavy (non-hydrogen) atoms. The number of anilines is 1. The number of rotatable bonds is 7. The van der Waals surface area contributed by atoms with E-state index in [0.717, 1.165) is 27.3 Å². The molecule has 0 bridgehead atoms.